The van der Waals surface area contributed by atoms with Crippen LogP contribution < -0.4 is 0 Å². The monoisotopic (exact) mass is 300 g/mol. The van der Waals surface area contributed by atoms with Gasteiger partial charge >= 0.3 is 0 Å². The van der Waals surface area contributed by atoms with E-state index in [0.29, 0.717) is 22.1 Å². The molecule has 0 aliphatic rings. The summed E-state index contributed by atoms with van der Waals surface area (Å²) in [6.45, 7) is 3.37. The van der Waals surface area contributed by atoms with Gasteiger partial charge in [-0.2, -0.15) is 0 Å². The van der Waals surface area contributed by atoms with E-state index in [1.807, 2.05) is 31.2 Å². The number of ketones is 1. The molecular weight excluding hydrogens is 288 g/mol. The van der Waals surface area contributed by atoms with Crippen LogP contribution in [-0.4, -0.2) is 5.78 Å². The number of hydrogen-bond acceptors (Lipinski definition) is 3. The summed E-state index contributed by atoms with van der Waals surface area (Å²) < 4.78 is 11.5. The Morgan fingerprint density at radius 2 is 2.00 bits per heavy atom. The third-order valence-corrected chi connectivity index (χ3v) is 3.37. The number of benzene rings is 1. The van der Waals surface area contributed by atoms with Crippen molar-refractivity contribution < 1.29 is 13.6 Å². The minimum absolute atomic E-state index is 0.0462. The SMILES string of the molecule is CC(=O)/C=C/c1oc2ccc(Cl)cc2c1-c1ccc(C)o1. The number of carbonyl (C=O) groups is 1. The van der Waals surface area contributed by atoms with Gasteiger partial charge in [-0.1, -0.05) is 11.6 Å². The number of hydrogen-bond donors (Lipinski definition) is 0. The molecule has 0 amide bonds. The second-order valence-corrected chi connectivity index (χ2v) is 5.27. The van der Waals surface area contributed by atoms with Crippen molar-refractivity contribution in [2.75, 3.05) is 0 Å². The minimum atomic E-state index is -0.0462. The Bertz CT molecular complexity index is 852. The third-order valence-electron chi connectivity index (χ3n) is 3.13. The molecule has 0 N–H and O–H groups in total. The van der Waals surface area contributed by atoms with E-state index in [-0.39, 0.29) is 5.78 Å². The van der Waals surface area contributed by atoms with Crippen LogP contribution in [0.5, 0.6) is 0 Å². The average molecular weight is 301 g/mol. The van der Waals surface area contributed by atoms with Crippen LogP contribution in [0.2, 0.25) is 5.02 Å². The maximum atomic E-state index is 11.2. The zero-order chi connectivity index (χ0) is 15.0. The fourth-order valence-electron chi connectivity index (χ4n) is 2.22. The molecular formula is C17H13ClO3. The molecule has 0 atom stereocenters. The molecule has 0 unspecified atom stereocenters. The van der Waals surface area contributed by atoms with E-state index in [2.05, 4.69) is 0 Å². The van der Waals surface area contributed by atoms with Crippen LogP contribution in [0.15, 0.2) is 45.2 Å². The number of furan rings is 2. The molecule has 0 saturated heterocycles. The molecule has 106 valence electrons. The van der Waals surface area contributed by atoms with E-state index in [1.54, 1.807) is 12.1 Å². The molecule has 0 aliphatic carbocycles. The lowest BCUT2D eigenvalue weighted by Crippen LogP contribution is -1.81. The van der Waals surface area contributed by atoms with Crippen molar-refractivity contribution in [3.05, 3.63) is 53.0 Å². The molecule has 21 heavy (non-hydrogen) atoms. The van der Waals surface area contributed by atoms with Crippen LogP contribution in [0.25, 0.3) is 28.4 Å². The normalized spacial score (nSPS) is 11.6. The Morgan fingerprint density at radius 3 is 2.67 bits per heavy atom. The van der Waals surface area contributed by atoms with Crippen LogP contribution in [0, 0.1) is 6.92 Å². The van der Waals surface area contributed by atoms with Crippen molar-refractivity contribution in [3.63, 3.8) is 0 Å². The van der Waals surface area contributed by atoms with E-state index in [1.165, 1.54) is 13.0 Å². The van der Waals surface area contributed by atoms with E-state index in [0.717, 1.165) is 16.7 Å². The van der Waals surface area contributed by atoms with Gasteiger partial charge in [0.1, 0.15) is 22.9 Å². The van der Waals surface area contributed by atoms with E-state index in [9.17, 15) is 4.79 Å². The Labute approximate surface area is 126 Å². The van der Waals surface area contributed by atoms with Gasteiger partial charge in [-0.3, -0.25) is 4.79 Å². The molecule has 0 saturated carbocycles. The molecule has 1 aromatic carbocycles. The van der Waals surface area contributed by atoms with Gasteiger partial charge in [-0.25, -0.2) is 0 Å². The molecule has 0 fully saturated rings. The first-order valence-corrected chi connectivity index (χ1v) is 6.90. The van der Waals surface area contributed by atoms with Crippen LogP contribution in [0.3, 0.4) is 0 Å². The predicted octanol–water partition coefficient (Wildman–Crippen LogP) is 5.26. The predicted molar refractivity (Wildman–Crippen MR) is 83.4 cm³/mol. The lowest BCUT2D eigenvalue weighted by Gasteiger charge is -1.96. The highest BCUT2D eigenvalue weighted by Gasteiger charge is 2.17. The van der Waals surface area contributed by atoms with Gasteiger partial charge < -0.3 is 8.83 Å². The Balaban J connectivity index is 2.28. The fourth-order valence-corrected chi connectivity index (χ4v) is 2.39. The van der Waals surface area contributed by atoms with Crippen molar-refractivity contribution in [2.24, 2.45) is 0 Å². The van der Waals surface area contributed by atoms with Crippen molar-refractivity contribution in [1.82, 2.24) is 0 Å². The second kappa shape index (κ2) is 5.26. The van der Waals surface area contributed by atoms with Crippen molar-refractivity contribution in [1.29, 1.82) is 0 Å². The highest BCUT2D eigenvalue weighted by atomic mass is 35.5. The summed E-state index contributed by atoms with van der Waals surface area (Å²) in [6.07, 6.45) is 3.13. The third kappa shape index (κ3) is 2.65. The first-order chi connectivity index (χ1) is 10.0. The fraction of sp³-hybridized carbons (Fsp3) is 0.118. The van der Waals surface area contributed by atoms with Gasteiger partial charge in [-0.05, 0) is 56.3 Å². The molecule has 0 bridgehead atoms. The van der Waals surface area contributed by atoms with Crippen molar-refractivity contribution >= 4 is 34.4 Å². The number of allylic oxidation sites excluding steroid dienone is 1. The summed E-state index contributed by atoms with van der Waals surface area (Å²) in [6, 6.07) is 9.17. The van der Waals surface area contributed by atoms with Crippen LogP contribution in [0.1, 0.15) is 18.4 Å². The van der Waals surface area contributed by atoms with Gasteiger partial charge in [0, 0.05) is 10.4 Å². The van der Waals surface area contributed by atoms with Crippen LogP contribution >= 0.6 is 11.6 Å². The molecule has 0 aliphatic heterocycles. The highest BCUT2D eigenvalue weighted by molar-refractivity contribution is 6.31. The lowest BCUT2D eigenvalue weighted by atomic mass is 10.1. The summed E-state index contributed by atoms with van der Waals surface area (Å²) in [5.41, 5.74) is 1.50. The molecule has 2 aromatic heterocycles. The van der Waals surface area contributed by atoms with Crippen molar-refractivity contribution in [2.45, 2.75) is 13.8 Å². The standard InChI is InChI=1S/C17H13ClO3/c1-10(19)3-6-16-17(15-7-4-11(2)20-15)13-9-12(18)5-8-14(13)21-16/h3-9H,1-2H3/b6-3+. The van der Waals surface area contributed by atoms with E-state index in [4.69, 9.17) is 20.4 Å². The van der Waals surface area contributed by atoms with Gasteiger partial charge in [0.2, 0.25) is 0 Å². The van der Waals surface area contributed by atoms with Gasteiger partial charge in [-0.15, -0.1) is 0 Å². The maximum Gasteiger partial charge on any atom is 0.152 e. The van der Waals surface area contributed by atoms with Gasteiger partial charge in [0.15, 0.2) is 5.78 Å². The van der Waals surface area contributed by atoms with Gasteiger partial charge in [0.25, 0.3) is 0 Å². The number of rotatable bonds is 3. The van der Waals surface area contributed by atoms with Gasteiger partial charge in [0.05, 0.1) is 5.56 Å². The zero-order valence-electron chi connectivity index (χ0n) is 11.6. The topological polar surface area (TPSA) is 43.4 Å². The molecule has 3 aromatic rings. The van der Waals surface area contributed by atoms with Crippen molar-refractivity contribution in [3.8, 4) is 11.3 Å². The molecule has 0 spiro atoms. The summed E-state index contributed by atoms with van der Waals surface area (Å²) in [7, 11) is 0. The Morgan fingerprint density at radius 1 is 1.19 bits per heavy atom. The smallest absolute Gasteiger partial charge is 0.152 e. The molecule has 3 rings (SSSR count). The number of aryl methyl sites for hydroxylation is 1. The molecule has 0 radical (unpaired) electrons. The zero-order valence-corrected chi connectivity index (χ0v) is 12.4. The van der Waals surface area contributed by atoms with Crippen LogP contribution in [0.4, 0.5) is 0 Å². The lowest BCUT2D eigenvalue weighted by molar-refractivity contribution is -0.112. The number of halogens is 1. The summed E-state index contributed by atoms with van der Waals surface area (Å²) >= 11 is 6.08. The number of carbonyl (C=O) groups excluding carboxylic acids is 1. The summed E-state index contributed by atoms with van der Waals surface area (Å²) in [5, 5.41) is 1.48. The number of fused-ring (bicyclic) bond motifs is 1. The van der Waals surface area contributed by atoms with E-state index < -0.39 is 0 Å². The molecule has 4 heteroatoms. The highest BCUT2D eigenvalue weighted by Crippen LogP contribution is 2.37. The first-order valence-electron chi connectivity index (χ1n) is 6.52. The second-order valence-electron chi connectivity index (χ2n) is 4.84. The van der Waals surface area contributed by atoms with E-state index >= 15 is 0 Å². The largest absolute Gasteiger partial charge is 0.461 e. The summed E-state index contributed by atoms with van der Waals surface area (Å²) in [4.78, 5) is 11.2. The molecule has 3 nitrogen and oxygen atoms in total. The molecule has 2 heterocycles. The Kier molecular flexibility index (Phi) is 3.43. The first kappa shape index (κ1) is 13.7. The Hall–Kier alpha value is -2.26. The summed E-state index contributed by atoms with van der Waals surface area (Å²) in [5.74, 6) is 2.03. The quantitative estimate of drug-likeness (QED) is 0.620. The van der Waals surface area contributed by atoms with Crippen LogP contribution in [-0.2, 0) is 4.79 Å². The minimum Gasteiger partial charge on any atom is -0.461 e. The average Bonchev–Trinajstić information content (AvgIpc) is 2.99. The maximum absolute atomic E-state index is 11.2.